The van der Waals surface area contributed by atoms with Crippen LogP contribution in [0.1, 0.15) is 30.3 Å². The van der Waals surface area contributed by atoms with Crippen molar-refractivity contribution in [3.8, 4) is 0 Å². The van der Waals surface area contributed by atoms with Crippen molar-refractivity contribution < 1.29 is 14.7 Å². The molecular weight excluding hydrogens is 282 g/mol. The number of piperidine rings is 1. The number of nitrogens with zero attached hydrogens (tertiary/aromatic N) is 3. The third-order valence-corrected chi connectivity index (χ3v) is 4.16. The molecule has 1 saturated heterocycles. The highest BCUT2D eigenvalue weighted by molar-refractivity contribution is 5.94. The maximum Gasteiger partial charge on any atom is 0.308 e. The number of benzene rings is 1. The Labute approximate surface area is 127 Å². The Hall–Kier alpha value is -2.50. The maximum atomic E-state index is 12.7. The second-order valence-corrected chi connectivity index (χ2v) is 5.66. The first-order chi connectivity index (χ1) is 10.6. The largest absolute Gasteiger partial charge is 0.481 e. The number of para-hydroxylation sites is 2. The Morgan fingerprint density at radius 2 is 1.95 bits per heavy atom. The van der Waals surface area contributed by atoms with Crippen LogP contribution in [0.15, 0.2) is 30.5 Å². The third kappa shape index (κ3) is 2.64. The van der Waals surface area contributed by atoms with Crippen molar-refractivity contribution in [2.24, 2.45) is 5.92 Å². The zero-order valence-electron chi connectivity index (χ0n) is 12.3. The first kappa shape index (κ1) is 14.4. The molecule has 0 bridgehead atoms. The van der Waals surface area contributed by atoms with Gasteiger partial charge in [0.15, 0.2) is 0 Å². The molecule has 3 rings (SSSR count). The van der Waals surface area contributed by atoms with Crippen molar-refractivity contribution in [1.82, 2.24) is 14.9 Å². The second-order valence-electron chi connectivity index (χ2n) is 5.66. The van der Waals surface area contributed by atoms with Crippen LogP contribution >= 0.6 is 0 Å². The molecule has 1 aliphatic heterocycles. The van der Waals surface area contributed by atoms with Crippen molar-refractivity contribution in [2.45, 2.75) is 25.8 Å². The number of carbonyl (C=O) groups is 2. The van der Waals surface area contributed by atoms with Gasteiger partial charge in [-0.05, 0) is 31.9 Å². The van der Waals surface area contributed by atoms with Gasteiger partial charge in [-0.1, -0.05) is 12.1 Å². The highest BCUT2D eigenvalue weighted by Gasteiger charge is 2.33. The lowest BCUT2D eigenvalue weighted by molar-refractivity contribution is -0.143. The van der Waals surface area contributed by atoms with Crippen LogP contribution in [0.2, 0.25) is 0 Å². The van der Waals surface area contributed by atoms with E-state index in [9.17, 15) is 14.7 Å². The lowest BCUT2D eigenvalue weighted by atomic mass is 9.93. The van der Waals surface area contributed by atoms with Crippen LogP contribution in [0, 0.1) is 5.92 Å². The molecule has 22 heavy (non-hydrogen) atoms. The van der Waals surface area contributed by atoms with E-state index in [2.05, 4.69) is 9.97 Å². The highest BCUT2D eigenvalue weighted by Crippen LogP contribution is 2.23. The number of carbonyl (C=O) groups excluding carboxylic acids is 1. The van der Waals surface area contributed by atoms with Crippen molar-refractivity contribution in [3.05, 3.63) is 36.2 Å². The average molecular weight is 299 g/mol. The van der Waals surface area contributed by atoms with Crippen LogP contribution in [0.25, 0.3) is 11.0 Å². The zero-order valence-corrected chi connectivity index (χ0v) is 12.3. The molecule has 1 fully saturated rings. The number of fused-ring (bicyclic) bond motifs is 1. The number of aliphatic carboxylic acids is 1. The number of likely N-dealkylation sites (tertiary alicyclic amines) is 1. The van der Waals surface area contributed by atoms with Gasteiger partial charge >= 0.3 is 5.97 Å². The smallest absolute Gasteiger partial charge is 0.308 e. The number of hydrogen-bond acceptors (Lipinski definition) is 4. The molecule has 6 heteroatoms. The standard InChI is InChI=1S/C16H17N3O3/c1-10-6-7-11(16(21)22)9-19(10)15(20)14-8-17-12-4-2-3-5-13(12)18-14/h2-5,8,10-11H,6-7,9H2,1H3,(H,21,22). The number of hydrogen-bond donors (Lipinski definition) is 1. The first-order valence-corrected chi connectivity index (χ1v) is 7.32. The fourth-order valence-electron chi connectivity index (χ4n) is 2.80. The Balaban J connectivity index is 1.88. The summed E-state index contributed by atoms with van der Waals surface area (Å²) in [5.41, 5.74) is 1.65. The lowest BCUT2D eigenvalue weighted by Crippen LogP contribution is -2.47. The minimum Gasteiger partial charge on any atom is -0.481 e. The summed E-state index contributed by atoms with van der Waals surface area (Å²) in [6.07, 6.45) is 2.75. The summed E-state index contributed by atoms with van der Waals surface area (Å²) in [4.78, 5) is 34.0. The Bertz CT molecular complexity index is 731. The molecule has 2 heterocycles. The van der Waals surface area contributed by atoms with Gasteiger partial charge in [0.25, 0.3) is 5.91 Å². The summed E-state index contributed by atoms with van der Waals surface area (Å²) in [6, 6.07) is 7.36. The SMILES string of the molecule is CC1CCC(C(=O)O)CN1C(=O)c1cnc2ccccc2n1. The summed E-state index contributed by atoms with van der Waals surface area (Å²) >= 11 is 0. The van der Waals surface area contributed by atoms with E-state index in [4.69, 9.17) is 0 Å². The third-order valence-electron chi connectivity index (χ3n) is 4.16. The highest BCUT2D eigenvalue weighted by atomic mass is 16.4. The summed E-state index contributed by atoms with van der Waals surface area (Å²) < 4.78 is 0. The van der Waals surface area contributed by atoms with Gasteiger partial charge < -0.3 is 10.0 Å². The van der Waals surface area contributed by atoms with Crippen LogP contribution < -0.4 is 0 Å². The molecule has 1 aromatic heterocycles. The van der Waals surface area contributed by atoms with E-state index in [1.165, 1.54) is 6.20 Å². The molecule has 2 aromatic rings. The van der Waals surface area contributed by atoms with E-state index in [1.807, 2.05) is 25.1 Å². The number of aromatic nitrogens is 2. The van der Waals surface area contributed by atoms with Gasteiger partial charge in [0.2, 0.25) is 0 Å². The summed E-state index contributed by atoms with van der Waals surface area (Å²) in [6.45, 7) is 2.16. The van der Waals surface area contributed by atoms with Crippen molar-refractivity contribution in [1.29, 1.82) is 0 Å². The van der Waals surface area contributed by atoms with E-state index in [-0.39, 0.29) is 24.2 Å². The van der Waals surface area contributed by atoms with E-state index >= 15 is 0 Å². The van der Waals surface area contributed by atoms with Gasteiger partial charge in [0.1, 0.15) is 5.69 Å². The monoisotopic (exact) mass is 299 g/mol. The molecule has 0 spiro atoms. The molecule has 6 nitrogen and oxygen atoms in total. The van der Waals surface area contributed by atoms with Crippen molar-refractivity contribution >= 4 is 22.9 Å². The molecule has 1 N–H and O–H groups in total. The Morgan fingerprint density at radius 3 is 2.68 bits per heavy atom. The molecule has 0 saturated carbocycles. The van der Waals surface area contributed by atoms with Gasteiger partial charge in [0.05, 0.1) is 23.1 Å². The van der Waals surface area contributed by atoms with Gasteiger partial charge in [-0.3, -0.25) is 14.6 Å². The number of rotatable bonds is 2. The van der Waals surface area contributed by atoms with Gasteiger partial charge in [-0.15, -0.1) is 0 Å². The van der Waals surface area contributed by atoms with Crippen LogP contribution in [0.3, 0.4) is 0 Å². The van der Waals surface area contributed by atoms with E-state index < -0.39 is 11.9 Å². The normalized spacial score (nSPS) is 21.8. The second kappa shape index (κ2) is 5.71. The summed E-state index contributed by atoms with van der Waals surface area (Å²) in [5.74, 6) is -1.61. The zero-order chi connectivity index (χ0) is 15.7. The first-order valence-electron chi connectivity index (χ1n) is 7.32. The molecule has 114 valence electrons. The van der Waals surface area contributed by atoms with Crippen LogP contribution in [-0.2, 0) is 4.79 Å². The fourth-order valence-corrected chi connectivity index (χ4v) is 2.80. The number of carboxylic acid groups (broad SMARTS) is 1. The Morgan fingerprint density at radius 1 is 1.23 bits per heavy atom. The molecule has 0 aliphatic carbocycles. The van der Waals surface area contributed by atoms with Crippen molar-refractivity contribution in [3.63, 3.8) is 0 Å². The maximum absolute atomic E-state index is 12.7. The van der Waals surface area contributed by atoms with E-state index in [0.717, 1.165) is 5.52 Å². The predicted octanol–water partition coefficient (Wildman–Crippen LogP) is 1.96. The van der Waals surface area contributed by atoms with E-state index in [0.29, 0.717) is 18.4 Å². The fraction of sp³-hybridized carbons (Fsp3) is 0.375. The topological polar surface area (TPSA) is 83.4 Å². The van der Waals surface area contributed by atoms with E-state index in [1.54, 1.807) is 11.0 Å². The molecule has 1 amide bonds. The number of carboxylic acids is 1. The molecular formula is C16H17N3O3. The molecule has 1 aromatic carbocycles. The quantitative estimate of drug-likeness (QED) is 0.916. The molecule has 2 atom stereocenters. The number of amides is 1. The summed E-state index contributed by atoms with van der Waals surface area (Å²) in [7, 11) is 0. The average Bonchev–Trinajstić information content (AvgIpc) is 2.54. The van der Waals surface area contributed by atoms with Crippen molar-refractivity contribution in [2.75, 3.05) is 6.54 Å². The van der Waals surface area contributed by atoms with Gasteiger partial charge in [0, 0.05) is 12.6 Å². The van der Waals surface area contributed by atoms with Crippen LogP contribution in [0.5, 0.6) is 0 Å². The van der Waals surface area contributed by atoms with Gasteiger partial charge in [-0.2, -0.15) is 0 Å². The minimum absolute atomic E-state index is 0.0105. The Kier molecular flexibility index (Phi) is 3.75. The van der Waals surface area contributed by atoms with Gasteiger partial charge in [-0.25, -0.2) is 4.98 Å². The summed E-state index contributed by atoms with van der Waals surface area (Å²) in [5, 5.41) is 9.17. The molecule has 1 aliphatic rings. The minimum atomic E-state index is -0.853. The molecule has 2 unspecified atom stereocenters. The van der Waals surface area contributed by atoms with Crippen LogP contribution in [-0.4, -0.2) is 44.4 Å². The lowest BCUT2D eigenvalue weighted by Gasteiger charge is -2.36. The predicted molar refractivity (Wildman–Crippen MR) is 80.4 cm³/mol. The molecule has 0 radical (unpaired) electrons. The van der Waals surface area contributed by atoms with Crippen LogP contribution in [0.4, 0.5) is 0 Å².